The topological polar surface area (TPSA) is 58.6 Å². The maximum atomic E-state index is 12.4. The first kappa shape index (κ1) is 17.0. The lowest BCUT2D eigenvalue weighted by atomic mass is 10.00. The van der Waals surface area contributed by atoms with Crippen LogP contribution in [-0.4, -0.2) is 25.5 Å². The highest BCUT2D eigenvalue weighted by molar-refractivity contribution is 6.05. The van der Waals surface area contributed by atoms with Gasteiger partial charge in [-0.2, -0.15) is 0 Å². The minimum atomic E-state index is -0.184. The molecule has 2 aromatic rings. The molecule has 0 fully saturated rings. The summed E-state index contributed by atoms with van der Waals surface area (Å²) in [5.74, 6) is 0.630. The molecule has 2 amide bonds. The Morgan fingerprint density at radius 3 is 2.80 bits per heavy atom. The molecule has 0 spiro atoms. The number of hydrogen-bond acceptors (Lipinski definition) is 3. The molecular weight excluding hydrogens is 316 g/mol. The van der Waals surface area contributed by atoms with Gasteiger partial charge in [-0.3, -0.25) is 9.59 Å². The number of fused-ring (bicyclic) bond motifs is 1. The molecule has 130 valence electrons. The van der Waals surface area contributed by atoms with Crippen molar-refractivity contribution in [1.29, 1.82) is 0 Å². The Kier molecular flexibility index (Phi) is 5.03. The van der Waals surface area contributed by atoms with Crippen LogP contribution in [0.5, 0.6) is 5.75 Å². The number of hydrogen-bond donors (Lipinski definition) is 1. The molecule has 0 atom stereocenters. The largest absolute Gasteiger partial charge is 0.497 e. The van der Waals surface area contributed by atoms with E-state index in [9.17, 15) is 9.59 Å². The highest BCUT2D eigenvalue weighted by atomic mass is 16.5. The minimum Gasteiger partial charge on any atom is -0.497 e. The molecule has 0 saturated heterocycles. The van der Waals surface area contributed by atoms with Crippen molar-refractivity contribution in [2.24, 2.45) is 0 Å². The molecule has 25 heavy (non-hydrogen) atoms. The van der Waals surface area contributed by atoms with Gasteiger partial charge in [-0.1, -0.05) is 13.0 Å². The zero-order valence-corrected chi connectivity index (χ0v) is 14.5. The predicted octanol–water partition coefficient (Wildman–Crippen LogP) is 3.64. The zero-order valence-electron chi connectivity index (χ0n) is 14.5. The van der Waals surface area contributed by atoms with Crippen LogP contribution in [-0.2, 0) is 11.2 Å². The molecule has 3 rings (SSSR count). The second-order valence-corrected chi connectivity index (χ2v) is 6.07. The fourth-order valence-electron chi connectivity index (χ4n) is 3.07. The molecule has 0 bridgehead atoms. The van der Waals surface area contributed by atoms with Gasteiger partial charge >= 0.3 is 0 Å². The van der Waals surface area contributed by atoms with E-state index < -0.39 is 0 Å². The number of anilines is 2. The maximum absolute atomic E-state index is 12.4. The number of rotatable bonds is 5. The molecule has 0 saturated carbocycles. The van der Waals surface area contributed by atoms with Gasteiger partial charge in [0.25, 0.3) is 5.91 Å². The van der Waals surface area contributed by atoms with E-state index in [4.69, 9.17) is 4.74 Å². The Hall–Kier alpha value is -2.82. The third-order valence-corrected chi connectivity index (χ3v) is 4.32. The number of nitrogens with zero attached hydrogens (tertiary/aromatic N) is 1. The van der Waals surface area contributed by atoms with Crippen LogP contribution in [0.15, 0.2) is 42.5 Å². The van der Waals surface area contributed by atoms with Crippen LogP contribution in [0.4, 0.5) is 11.4 Å². The third kappa shape index (κ3) is 3.65. The van der Waals surface area contributed by atoms with Crippen LogP contribution < -0.4 is 15.0 Å². The predicted molar refractivity (Wildman–Crippen MR) is 98.4 cm³/mol. The number of aryl methyl sites for hydroxylation is 1. The molecule has 2 aromatic carbocycles. The van der Waals surface area contributed by atoms with E-state index in [0.717, 1.165) is 29.9 Å². The van der Waals surface area contributed by atoms with E-state index in [1.807, 2.05) is 23.1 Å². The lowest BCUT2D eigenvalue weighted by Crippen LogP contribution is -2.35. The van der Waals surface area contributed by atoms with Crippen molar-refractivity contribution >= 4 is 23.2 Å². The van der Waals surface area contributed by atoms with Crippen LogP contribution in [0.1, 0.15) is 35.7 Å². The summed E-state index contributed by atoms with van der Waals surface area (Å²) in [6.45, 7) is 2.78. The summed E-state index contributed by atoms with van der Waals surface area (Å²) in [6.07, 6.45) is 2.14. The van der Waals surface area contributed by atoms with Gasteiger partial charge in [0.2, 0.25) is 5.91 Å². The lowest BCUT2D eigenvalue weighted by molar-refractivity contribution is -0.118. The van der Waals surface area contributed by atoms with Crippen molar-refractivity contribution in [1.82, 2.24) is 0 Å². The SMILES string of the molecule is CCCN1C(=O)CCc2cc(NC(=O)c3cccc(OC)c3)ccc21. The fourth-order valence-corrected chi connectivity index (χ4v) is 3.07. The van der Waals surface area contributed by atoms with Gasteiger partial charge in [-0.15, -0.1) is 0 Å². The zero-order chi connectivity index (χ0) is 17.8. The molecule has 1 N–H and O–H groups in total. The Bertz CT molecular complexity index is 801. The molecule has 0 radical (unpaired) electrons. The van der Waals surface area contributed by atoms with Gasteiger partial charge in [-0.25, -0.2) is 0 Å². The standard InChI is InChI=1S/C20H22N2O3/c1-3-11-22-18-9-8-16(12-14(18)7-10-19(22)23)21-20(24)15-5-4-6-17(13-15)25-2/h4-6,8-9,12-13H,3,7,10-11H2,1-2H3,(H,21,24). The van der Waals surface area contributed by atoms with E-state index >= 15 is 0 Å². The summed E-state index contributed by atoms with van der Waals surface area (Å²) in [5.41, 5.74) is 3.33. The smallest absolute Gasteiger partial charge is 0.255 e. The molecule has 1 heterocycles. The number of amides is 2. The first-order chi connectivity index (χ1) is 12.1. The second kappa shape index (κ2) is 7.38. The van der Waals surface area contributed by atoms with E-state index in [-0.39, 0.29) is 11.8 Å². The average molecular weight is 338 g/mol. The molecule has 0 aliphatic carbocycles. The molecule has 1 aliphatic heterocycles. The van der Waals surface area contributed by atoms with Gasteiger partial charge in [0, 0.05) is 29.9 Å². The van der Waals surface area contributed by atoms with Crippen LogP contribution in [0.3, 0.4) is 0 Å². The van der Waals surface area contributed by atoms with Crippen molar-refractivity contribution in [3.8, 4) is 5.75 Å². The summed E-state index contributed by atoms with van der Waals surface area (Å²) < 4.78 is 5.16. The molecule has 1 aliphatic rings. The van der Waals surface area contributed by atoms with Crippen LogP contribution in [0, 0.1) is 0 Å². The number of benzene rings is 2. The molecule has 5 nitrogen and oxygen atoms in total. The highest BCUT2D eigenvalue weighted by Crippen LogP contribution is 2.30. The van der Waals surface area contributed by atoms with Gasteiger partial charge in [0.05, 0.1) is 7.11 Å². The average Bonchev–Trinajstić information content (AvgIpc) is 2.64. The number of carbonyl (C=O) groups is 2. The van der Waals surface area contributed by atoms with Crippen LogP contribution >= 0.6 is 0 Å². The third-order valence-electron chi connectivity index (χ3n) is 4.32. The van der Waals surface area contributed by atoms with Crippen molar-refractivity contribution in [2.45, 2.75) is 26.2 Å². The Labute approximate surface area is 147 Å². The Morgan fingerprint density at radius 2 is 2.04 bits per heavy atom. The van der Waals surface area contributed by atoms with E-state index in [1.165, 1.54) is 0 Å². The lowest BCUT2D eigenvalue weighted by Gasteiger charge is -2.29. The van der Waals surface area contributed by atoms with Crippen molar-refractivity contribution in [3.63, 3.8) is 0 Å². The van der Waals surface area contributed by atoms with Crippen molar-refractivity contribution in [3.05, 3.63) is 53.6 Å². The first-order valence-corrected chi connectivity index (χ1v) is 8.51. The van der Waals surface area contributed by atoms with Gasteiger partial charge in [-0.05, 0) is 54.8 Å². The second-order valence-electron chi connectivity index (χ2n) is 6.07. The number of methoxy groups -OCH3 is 1. The molecular formula is C20H22N2O3. The number of carbonyl (C=O) groups excluding carboxylic acids is 2. The number of ether oxygens (including phenoxy) is 1. The summed E-state index contributed by atoms with van der Waals surface area (Å²) in [5, 5.41) is 2.92. The molecule has 0 aromatic heterocycles. The summed E-state index contributed by atoms with van der Waals surface area (Å²) in [6, 6.07) is 12.8. The van der Waals surface area contributed by atoms with Gasteiger partial charge in [0.1, 0.15) is 5.75 Å². The van der Waals surface area contributed by atoms with E-state index in [1.54, 1.807) is 31.4 Å². The Morgan fingerprint density at radius 1 is 1.20 bits per heavy atom. The molecule has 0 unspecified atom stereocenters. The normalized spacial score (nSPS) is 13.4. The van der Waals surface area contributed by atoms with Gasteiger partial charge < -0.3 is 15.0 Å². The minimum absolute atomic E-state index is 0.169. The van der Waals surface area contributed by atoms with Crippen molar-refractivity contribution in [2.75, 3.05) is 23.9 Å². The Balaban J connectivity index is 1.80. The quantitative estimate of drug-likeness (QED) is 0.905. The van der Waals surface area contributed by atoms with Gasteiger partial charge in [0.15, 0.2) is 0 Å². The summed E-state index contributed by atoms with van der Waals surface area (Å²) in [4.78, 5) is 26.4. The number of nitrogens with one attached hydrogen (secondary N) is 1. The van der Waals surface area contributed by atoms with Crippen LogP contribution in [0.2, 0.25) is 0 Å². The molecule has 5 heteroatoms. The van der Waals surface area contributed by atoms with Crippen molar-refractivity contribution < 1.29 is 14.3 Å². The highest BCUT2D eigenvalue weighted by Gasteiger charge is 2.23. The monoisotopic (exact) mass is 338 g/mol. The van der Waals surface area contributed by atoms with E-state index in [2.05, 4.69) is 12.2 Å². The van der Waals surface area contributed by atoms with E-state index in [0.29, 0.717) is 24.2 Å². The summed E-state index contributed by atoms with van der Waals surface area (Å²) >= 11 is 0. The first-order valence-electron chi connectivity index (χ1n) is 8.51. The summed E-state index contributed by atoms with van der Waals surface area (Å²) in [7, 11) is 1.57. The fraction of sp³-hybridized carbons (Fsp3) is 0.300. The maximum Gasteiger partial charge on any atom is 0.255 e. The van der Waals surface area contributed by atoms with Crippen LogP contribution in [0.25, 0.3) is 0 Å².